The Kier molecular flexibility index (Phi) is 5.56. The highest BCUT2D eigenvalue weighted by Crippen LogP contribution is 2.12. The summed E-state index contributed by atoms with van der Waals surface area (Å²) in [5.41, 5.74) is 0.911. The minimum absolute atomic E-state index is 0.0830. The molecule has 0 aliphatic rings. The molecule has 0 heterocycles. The quantitative estimate of drug-likeness (QED) is 0.549. The lowest BCUT2D eigenvalue weighted by Gasteiger charge is -2.05. The number of hydrogen-bond donors (Lipinski definition) is 1. The van der Waals surface area contributed by atoms with Gasteiger partial charge in [-0.05, 0) is 37.0 Å². The summed E-state index contributed by atoms with van der Waals surface area (Å²) < 4.78 is 5.54. The summed E-state index contributed by atoms with van der Waals surface area (Å²) in [7, 11) is 0. The van der Waals surface area contributed by atoms with E-state index in [1.807, 2.05) is 30.3 Å². The summed E-state index contributed by atoms with van der Waals surface area (Å²) in [6, 6.07) is 7.52. The van der Waals surface area contributed by atoms with Crippen molar-refractivity contribution >= 4 is 0 Å². The van der Waals surface area contributed by atoms with Crippen molar-refractivity contribution in [2.45, 2.75) is 25.9 Å². The lowest BCUT2D eigenvalue weighted by molar-refractivity contribution is 0.281. The van der Waals surface area contributed by atoms with Gasteiger partial charge in [-0.25, -0.2) is 0 Å². The molecule has 0 radical (unpaired) electrons. The van der Waals surface area contributed by atoms with Crippen molar-refractivity contribution < 1.29 is 9.84 Å². The molecule has 2 nitrogen and oxygen atoms in total. The van der Waals surface area contributed by atoms with Gasteiger partial charge in [-0.3, -0.25) is 0 Å². The molecule has 2 heteroatoms. The van der Waals surface area contributed by atoms with Crippen LogP contribution in [0.5, 0.6) is 5.75 Å². The molecule has 82 valence electrons. The second kappa shape index (κ2) is 7.07. The van der Waals surface area contributed by atoms with Gasteiger partial charge in [0.25, 0.3) is 0 Å². The van der Waals surface area contributed by atoms with E-state index in [1.54, 1.807) is 0 Å². The third-order valence-electron chi connectivity index (χ3n) is 2.18. The van der Waals surface area contributed by atoms with E-state index >= 15 is 0 Å². The molecule has 0 bridgehead atoms. The van der Waals surface area contributed by atoms with Crippen LogP contribution in [0.2, 0.25) is 0 Å². The Morgan fingerprint density at radius 1 is 1.20 bits per heavy atom. The van der Waals surface area contributed by atoms with Crippen LogP contribution in [0.15, 0.2) is 36.9 Å². The van der Waals surface area contributed by atoms with Gasteiger partial charge in [0.1, 0.15) is 5.75 Å². The molecule has 0 atom stereocenters. The normalized spacial score (nSPS) is 9.93. The Morgan fingerprint density at radius 2 is 1.93 bits per heavy atom. The summed E-state index contributed by atoms with van der Waals surface area (Å²) in [6.07, 6.45) is 5.15. The molecule has 0 spiro atoms. The number of hydrogen-bond acceptors (Lipinski definition) is 2. The average Bonchev–Trinajstić information content (AvgIpc) is 2.30. The standard InChI is InChI=1S/C13H18O2/c1-2-3-4-5-10-15-13-8-6-12(11-14)7-9-13/h2,6-9,14H,1,3-5,10-11H2. The Labute approximate surface area is 91.2 Å². The van der Waals surface area contributed by atoms with E-state index in [1.165, 1.54) is 0 Å². The van der Waals surface area contributed by atoms with Gasteiger partial charge in [-0.15, -0.1) is 6.58 Å². The second-order valence-electron chi connectivity index (χ2n) is 3.43. The number of rotatable bonds is 7. The van der Waals surface area contributed by atoms with Crippen LogP contribution in [0.1, 0.15) is 24.8 Å². The van der Waals surface area contributed by atoms with Crippen LogP contribution in [0.4, 0.5) is 0 Å². The maximum atomic E-state index is 8.85. The maximum absolute atomic E-state index is 8.85. The summed E-state index contributed by atoms with van der Waals surface area (Å²) in [5, 5.41) is 8.85. The largest absolute Gasteiger partial charge is 0.494 e. The van der Waals surface area contributed by atoms with E-state index in [2.05, 4.69) is 6.58 Å². The van der Waals surface area contributed by atoms with Crippen molar-refractivity contribution in [3.63, 3.8) is 0 Å². The van der Waals surface area contributed by atoms with Gasteiger partial charge >= 0.3 is 0 Å². The smallest absolute Gasteiger partial charge is 0.119 e. The van der Waals surface area contributed by atoms with E-state index in [0.29, 0.717) is 0 Å². The molecule has 1 rings (SSSR count). The third kappa shape index (κ3) is 4.66. The fourth-order valence-electron chi connectivity index (χ4n) is 1.27. The first-order valence-corrected chi connectivity index (χ1v) is 5.30. The molecule has 0 fully saturated rings. The second-order valence-corrected chi connectivity index (χ2v) is 3.43. The van der Waals surface area contributed by atoms with Gasteiger partial charge < -0.3 is 9.84 Å². The zero-order valence-electron chi connectivity index (χ0n) is 8.98. The van der Waals surface area contributed by atoms with E-state index < -0.39 is 0 Å². The molecule has 0 aliphatic carbocycles. The topological polar surface area (TPSA) is 29.5 Å². The molecular formula is C13H18O2. The molecule has 0 aliphatic heterocycles. The van der Waals surface area contributed by atoms with E-state index in [0.717, 1.165) is 37.2 Å². The summed E-state index contributed by atoms with van der Waals surface area (Å²) in [4.78, 5) is 0. The van der Waals surface area contributed by atoms with Crippen LogP contribution in [-0.2, 0) is 6.61 Å². The number of aliphatic hydroxyl groups is 1. The van der Waals surface area contributed by atoms with Gasteiger partial charge in [0.05, 0.1) is 13.2 Å². The van der Waals surface area contributed by atoms with E-state index in [4.69, 9.17) is 9.84 Å². The molecular weight excluding hydrogens is 188 g/mol. The molecule has 0 saturated carbocycles. The van der Waals surface area contributed by atoms with Gasteiger partial charge in [-0.1, -0.05) is 18.2 Å². The number of unbranched alkanes of at least 4 members (excludes halogenated alkanes) is 2. The van der Waals surface area contributed by atoms with Crippen molar-refractivity contribution in [2.24, 2.45) is 0 Å². The van der Waals surface area contributed by atoms with Crippen LogP contribution < -0.4 is 4.74 Å². The Morgan fingerprint density at radius 3 is 2.53 bits per heavy atom. The molecule has 1 aromatic carbocycles. The Bertz CT molecular complexity index is 277. The lowest BCUT2D eigenvalue weighted by atomic mass is 10.2. The fourth-order valence-corrected chi connectivity index (χ4v) is 1.27. The van der Waals surface area contributed by atoms with Gasteiger partial charge in [-0.2, -0.15) is 0 Å². The van der Waals surface area contributed by atoms with E-state index in [9.17, 15) is 0 Å². The number of allylic oxidation sites excluding steroid dienone is 1. The van der Waals surface area contributed by atoms with Gasteiger partial charge in [0, 0.05) is 0 Å². The van der Waals surface area contributed by atoms with Crippen LogP contribution in [-0.4, -0.2) is 11.7 Å². The minimum atomic E-state index is 0.0830. The van der Waals surface area contributed by atoms with Crippen molar-refractivity contribution in [1.29, 1.82) is 0 Å². The van der Waals surface area contributed by atoms with Crippen LogP contribution in [0.3, 0.4) is 0 Å². The summed E-state index contributed by atoms with van der Waals surface area (Å²) in [6.45, 7) is 4.50. The van der Waals surface area contributed by atoms with Crippen LogP contribution in [0, 0.1) is 0 Å². The molecule has 1 aromatic rings. The number of aliphatic hydroxyl groups excluding tert-OH is 1. The van der Waals surface area contributed by atoms with Gasteiger partial charge in [0.15, 0.2) is 0 Å². The SMILES string of the molecule is C=CCCCCOc1ccc(CO)cc1. The third-order valence-corrected chi connectivity index (χ3v) is 2.18. The minimum Gasteiger partial charge on any atom is -0.494 e. The van der Waals surface area contributed by atoms with Crippen molar-refractivity contribution in [3.05, 3.63) is 42.5 Å². The Balaban J connectivity index is 2.22. The highest BCUT2D eigenvalue weighted by Gasteiger charge is 1.94. The summed E-state index contributed by atoms with van der Waals surface area (Å²) in [5.74, 6) is 0.866. The Hall–Kier alpha value is -1.28. The highest BCUT2D eigenvalue weighted by atomic mass is 16.5. The molecule has 0 saturated heterocycles. The molecule has 15 heavy (non-hydrogen) atoms. The first-order chi connectivity index (χ1) is 7.36. The summed E-state index contributed by atoms with van der Waals surface area (Å²) >= 11 is 0. The predicted molar refractivity (Wildman–Crippen MR) is 61.9 cm³/mol. The zero-order valence-corrected chi connectivity index (χ0v) is 8.98. The van der Waals surface area contributed by atoms with E-state index in [-0.39, 0.29) is 6.61 Å². The van der Waals surface area contributed by atoms with Crippen molar-refractivity contribution in [1.82, 2.24) is 0 Å². The maximum Gasteiger partial charge on any atom is 0.119 e. The van der Waals surface area contributed by atoms with Crippen molar-refractivity contribution in [2.75, 3.05) is 6.61 Å². The first-order valence-electron chi connectivity index (χ1n) is 5.30. The zero-order chi connectivity index (χ0) is 10.9. The number of ether oxygens (including phenoxy) is 1. The fraction of sp³-hybridized carbons (Fsp3) is 0.385. The molecule has 1 N–H and O–H groups in total. The van der Waals surface area contributed by atoms with Crippen LogP contribution >= 0.6 is 0 Å². The van der Waals surface area contributed by atoms with Crippen LogP contribution in [0.25, 0.3) is 0 Å². The lowest BCUT2D eigenvalue weighted by Crippen LogP contribution is -1.97. The first kappa shape index (κ1) is 11.8. The number of benzene rings is 1. The molecule has 0 amide bonds. The highest BCUT2D eigenvalue weighted by molar-refractivity contribution is 5.26. The predicted octanol–water partition coefficient (Wildman–Crippen LogP) is 2.91. The average molecular weight is 206 g/mol. The monoisotopic (exact) mass is 206 g/mol. The van der Waals surface area contributed by atoms with Crippen molar-refractivity contribution in [3.8, 4) is 5.75 Å². The molecule has 0 aromatic heterocycles. The molecule has 0 unspecified atom stereocenters. The van der Waals surface area contributed by atoms with Gasteiger partial charge in [0.2, 0.25) is 0 Å².